The Kier molecular flexibility index (Phi) is 4.85. The molecule has 7 heteroatoms. The third kappa shape index (κ3) is 3.85. The summed E-state index contributed by atoms with van der Waals surface area (Å²) in [7, 11) is 0. The summed E-state index contributed by atoms with van der Waals surface area (Å²) in [6, 6.07) is 6.92. The lowest BCUT2D eigenvalue weighted by Gasteiger charge is -2.31. The van der Waals surface area contributed by atoms with Gasteiger partial charge in [0.1, 0.15) is 5.75 Å². The molecule has 1 atom stereocenters. The molecule has 0 bridgehead atoms. The van der Waals surface area contributed by atoms with Crippen molar-refractivity contribution in [3.63, 3.8) is 0 Å². The number of ether oxygens (including phenoxy) is 1. The van der Waals surface area contributed by atoms with Crippen LogP contribution in [0.1, 0.15) is 32.1 Å². The van der Waals surface area contributed by atoms with Crippen LogP contribution in [0.3, 0.4) is 0 Å². The predicted molar refractivity (Wildman–Crippen MR) is 80.1 cm³/mol. The third-order valence-electron chi connectivity index (χ3n) is 4.09. The van der Waals surface area contributed by atoms with Crippen LogP contribution < -0.4 is 4.74 Å². The first-order valence-corrected chi connectivity index (χ1v) is 7.74. The SMILES string of the molecule is CC1CCCCN1Cc1nc(-c2ccccc2OC(F)F)no1. The van der Waals surface area contributed by atoms with E-state index in [1.807, 2.05) is 0 Å². The summed E-state index contributed by atoms with van der Waals surface area (Å²) in [5.74, 6) is 0.794. The summed E-state index contributed by atoms with van der Waals surface area (Å²) in [5, 5.41) is 3.91. The molecule has 1 aliphatic rings. The van der Waals surface area contributed by atoms with Gasteiger partial charge in [-0.2, -0.15) is 13.8 Å². The maximum absolute atomic E-state index is 12.5. The first-order chi connectivity index (χ1) is 11.1. The summed E-state index contributed by atoms with van der Waals surface area (Å²) in [6.45, 7) is 0.870. The summed E-state index contributed by atoms with van der Waals surface area (Å²) < 4.78 is 34.8. The van der Waals surface area contributed by atoms with Gasteiger partial charge in [0.15, 0.2) is 0 Å². The molecule has 1 aromatic carbocycles. The van der Waals surface area contributed by atoms with Crippen LogP contribution in [-0.4, -0.2) is 34.2 Å². The van der Waals surface area contributed by atoms with Gasteiger partial charge in [0.2, 0.25) is 11.7 Å². The Morgan fingerprint density at radius 1 is 1.35 bits per heavy atom. The van der Waals surface area contributed by atoms with Crippen LogP contribution in [0, 0.1) is 0 Å². The largest absolute Gasteiger partial charge is 0.434 e. The van der Waals surface area contributed by atoms with Gasteiger partial charge in [-0.3, -0.25) is 4.90 Å². The van der Waals surface area contributed by atoms with Crippen LogP contribution in [0.4, 0.5) is 8.78 Å². The van der Waals surface area contributed by atoms with E-state index >= 15 is 0 Å². The minimum Gasteiger partial charge on any atom is -0.434 e. The zero-order chi connectivity index (χ0) is 16.2. The molecule has 1 saturated heterocycles. The molecule has 124 valence electrons. The van der Waals surface area contributed by atoms with Crippen molar-refractivity contribution in [3.05, 3.63) is 30.2 Å². The maximum atomic E-state index is 12.5. The van der Waals surface area contributed by atoms with E-state index in [0.29, 0.717) is 24.0 Å². The lowest BCUT2D eigenvalue weighted by Crippen LogP contribution is -2.36. The molecule has 0 aliphatic carbocycles. The average molecular weight is 323 g/mol. The molecule has 2 heterocycles. The fourth-order valence-corrected chi connectivity index (χ4v) is 2.84. The first kappa shape index (κ1) is 15.9. The molecule has 0 saturated carbocycles. The van der Waals surface area contributed by atoms with Gasteiger partial charge in [-0.25, -0.2) is 0 Å². The van der Waals surface area contributed by atoms with E-state index in [2.05, 4.69) is 26.7 Å². The van der Waals surface area contributed by atoms with E-state index < -0.39 is 6.61 Å². The lowest BCUT2D eigenvalue weighted by atomic mass is 10.0. The van der Waals surface area contributed by atoms with Gasteiger partial charge in [0.25, 0.3) is 0 Å². The van der Waals surface area contributed by atoms with Gasteiger partial charge < -0.3 is 9.26 Å². The van der Waals surface area contributed by atoms with E-state index in [9.17, 15) is 8.78 Å². The molecule has 1 fully saturated rings. The molecule has 2 aromatic rings. The number of piperidine rings is 1. The molecule has 3 rings (SSSR count). The first-order valence-electron chi connectivity index (χ1n) is 7.74. The average Bonchev–Trinajstić information content (AvgIpc) is 2.98. The van der Waals surface area contributed by atoms with Crippen molar-refractivity contribution in [2.75, 3.05) is 6.54 Å². The number of rotatable bonds is 5. The zero-order valence-electron chi connectivity index (χ0n) is 12.9. The number of nitrogens with zero attached hydrogens (tertiary/aromatic N) is 3. The normalized spacial score (nSPS) is 19.2. The minimum atomic E-state index is -2.89. The van der Waals surface area contributed by atoms with Gasteiger partial charge in [-0.1, -0.05) is 23.7 Å². The second-order valence-corrected chi connectivity index (χ2v) is 5.70. The van der Waals surface area contributed by atoms with Crippen molar-refractivity contribution < 1.29 is 18.0 Å². The summed E-state index contributed by atoms with van der Waals surface area (Å²) >= 11 is 0. The third-order valence-corrected chi connectivity index (χ3v) is 4.09. The van der Waals surface area contributed by atoms with E-state index in [1.165, 1.54) is 12.5 Å². The van der Waals surface area contributed by atoms with Crippen molar-refractivity contribution in [1.29, 1.82) is 0 Å². The fourth-order valence-electron chi connectivity index (χ4n) is 2.84. The maximum Gasteiger partial charge on any atom is 0.387 e. The van der Waals surface area contributed by atoms with Crippen LogP contribution in [0.15, 0.2) is 28.8 Å². The number of likely N-dealkylation sites (tertiary alicyclic amines) is 1. The predicted octanol–water partition coefficient (Wildman–Crippen LogP) is 3.71. The molecule has 23 heavy (non-hydrogen) atoms. The molecule has 0 amide bonds. The smallest absolute Gasteiger partial charge is 0.387 e. The molecule has 5 nitrogen and oxygen atoms in total. The van der Waals surface area contributed by atoms with Crippen LogP contribution in [0.2, 0.25) is 0 Å². The van der Waals surface area contributed by atoms with E-state index in [4.69, 9.17) is 4.52 Å². The Labute approximate surface area is 133 Å². The molecule has 1 aromatic heterocycles. The lowest BCUT2D eigenvalue weighted by molar-refractivity contribution is -0.0494. The summed E-state index contributed by atoms with van der Waals surface area (Å²) in [5.41, 5.74) is 0.398. The fraction of sp³-hybridized carbons (Fsp3) is 0.500. The van der Waals surface area contributed by atoms with E-state index in [0.717, 1.165) is 19.4 Å². The van der Waals surface area contributed by atoms with Gasteiger partial charge in [-0.15, -0.1) is 0 Å². The Hall–Kier alpha value is -2.02. The minimum absolute atomic E-state index is 0.0428. The van der Waals surface area contributed by atoms with Gasteiger partial charge in [0, 0.05) is 6.04 Å². The topological polar surface area (TPSA) is 51.4 Å². The second kappa shape index (κ2) is 7.04. The Morgan fingerprint density at radius 2 is 2.17 bits per heavy atom. The van der Waals surface area contributed by atoms with Gasteiger partial charge in [0.05, 0.1) is 12.1 Å². The summed E-state index contributed by atoms with van der Waals surface area (Å²) in [4.78, 5) is 6.63. The highest BCUT2D eigenvalue weighted by atomic mass is 19.3. The molecule has 0 spiro atoms. The van der Waals surface area contributed by atoms with Crippen molar-refractivity contribution in [2.45, 2.75) is 45.4 Å². The van der Waals surface area contributed by atoms with Crippen LogP contribution in [-0.2, 0) is 6.54 Å². The van der Waals surface area contributed by atoms with Crippen molar-refractivity contribution >= 4 is 0 Å². The highest BCUT2D eigenvalue weighted by Crippen LogP contribution is 2.29. The Bertz CT molecular complexity index is 648. The number of alkyl halides is 2. The van der Waals surface area contributed by atoms with Crippen LogP contribution in [0.5, 0.6) is 5.75 Å². The molecule has 0 radical (unpaired) electrons. The Balaban J connectivity index is 1.77. The van der Waals surface area contributed by atoms with E-state index in [-0.39, 0.29) is 11.6 Å². The van der Waals surface area contributed by atoms with Crippen molar-refractivity contribution in [2.24, 2.45) is 0 Å². The number of hydrogen-bond acceptors (Lipinski definition) is 5. The van der Waals surface area contributed by atoms with Gasteiger partial charge in [-0.05, 0) is 38.4 Å². The monoisotopic (exact) mass is 323 g/mol. The molecular weight excluding hydrogens is 304 g/mol. The number of benzene rings is 1. The number of hydrogen-bond donors (Lipinski definition) is 0. The van der Waals surface area contributed by atoms with Crippen molar-refractivity contribution in [3.8, 4) is 17.1 Å². The molecule has 0 N–H and O–H groups in total. The number of halogens is 2. The van der Waals surface area contributed by atoms with Gasteiger partial charge >= 0.3 is 6.61 Å². The second-order valence-electron chi connectivity index (χ2n) is 5.70. The highest BCUT2D eigenvalue weighted by Gasteiger charge is 2.22. The quantitative estimate of drug-likeness (QED) is 0.839. The van der Waals surface area contributed by atoms with E-state index in [1.54, 1.807) is 18.2 Å². The molecule has 1 unspecified atom stereocenters. The van der Waals surface area contributed by atoms with Crippen molar-refractivity contribution in [1.82, 2.24) is 15.0 Å². The number of para-hydroxylation sites is 1. The Morgan fingerprint density at radius 3 is 2.96 bits per heavy atom. The molecule has 1 aliphatic heterocycles. The van der Waals surface area contributed by atoms with Crippen LogP contribution >= 0.6 is 0 Å². The number of aromatic nitrogens is 2. The zero-order valence-corrected chi connectivity index (χ0v) is 12.9. The summed E-state index contributed by atoms with van der Waals surface area (Å²) in [6.07, 6.45) is 3.56. The standard InChI is InChI=1S/C16H19F2N3O2/c1-11-6-4-5-9-21(11)10-14-19-15(20-23-14)12-7-2-3-8-13(12)22-16(17)18/h2-3,7-8,11,16H,4-6,9-10H2,1H3. The van der Waals surface area contributed by atoms with Crippen LogP contribution in [0.25, 0.3) is 11.4 Å². The molecular formula is C16H19F2N3O2. The highest BCUT2D eigenvalue weighted by molar-refractivity contribution is 5.63.